The van der Waals surface area contributed by atoms with E-state index in [9.17, 15) is 0 Å². The Bertz CT molecular complexity index is 336. The summed E-state index contributed by atoms with van der Waals surface area (Å²) in [5, 5.41) is 9.08. The number of ether oxygens (including phenoxy) is 2. The number of hydrogen-bond donors (Lipinski definition) is 1. The van der Waals surface area contributed by atoms with Gasteiger partial charge in [-0.2, -0.15) is 0 Å². The summed E-state index contributed by atoms with van der Waals surface area (Å²) in [6, 6.07) is 5.86. The lowest BCUT2D eigenvalue weighted by Gasteiger charge is -2.12. The zero-order valence-corrected chi connectivity index (χ0v) is 8.90. The van der Waals surface area contributed by atoms with Gasteiger partial charge in [-0.3, -0.25) is 0 Å². The third-order valence-electron chi connectivity index (χ3n) is 2.61. The lowest BCUT2D eigenvalue weighted by atomic mass is 10.0. The maximum absolute atomic E-state index is 9.08. The Kier molecular flexibility index (Phi) is 3.11. The molecule has 1 atom stereocenters. The molecule has 0 radical (unpaired) electrons. The average Bonchev–Trinajstić information content (AvgIpc) is 2.51. The molecule has 0 aromatic heterocycles. The maximum Gasteiger partial charge on any atom is 0.161 e. The first-order valence-electron chi connectivity index (χ1n) is 5.31. The normalized spacial score (nSPS) is 16.9. The summed E-state index contributed by atoms with van der Waals surface area (Å²) in [7, 11) is 0. The first kappa shape index (κ1) is 10.3. The second kappa shape index (κ2) is 4.53. The molecule has 1 aliphatic rings. The summed E-state index contributed by atoms with van der Waals surface area (Å²) in [5.74, 6) is 1.74. The molecule has 3 heteroatoms. The topological polar surface area (TPSA) is 38.7 Å². The van der Waals surface area contributed by atoms with Crippen LogP contribution in [0.4, 0.5) is 0 Å². The molecule has 0 fully saturated rings. The Labute approximate surface area is 89.6 Å². The lowest BCUT2D eigenvalue weighted by Crippen LogP contribution is -2.00. The van der Waals surface area contributed by atoms with Crippen LogP contribution in [0.3, 0.4) is 0 Å². The highest BCUT2D eigenvalue weighted by molar-refractivity contribution is 5.44. The third kappa shape index (κ3) is 2.23. The van der Waals surface area contributed by atoms with E-state index in [2.05, 4.69) is 0 Å². The number of fused-ring (bicyclic) bond motifs is 1. The van der Waals surface area contributed by atoms with Gasteiger partial charge < -0.3 is 14.6 Å². The van der Waals surface area contributed by atoms with E-state index in [1.807, 2.05) is 25.1 Å². The van der Waals surface area contributed by atoms with Gasteiger partial charge in [0.15, 0.2) is 11.5 Å². The van der Waals surface area contributed by atoms with Crippen molar-refractivity contribution in [3.05, 3.63) is 23.8 Å². The van der Waals surface area contributed by atoms with Gasteiger partial charge in [0, 0.05) is 18.9 Å². The van der Waals surface area contributed by atoms with Crippen molar-refractivity contribution in [3.63, 3.8) is 0 Å². The fraction of sp³-hybridized carbons (Fsp3) is 0.500. The molecule has 3 nitrogen and oxygen atoms in total. The van der Waals surface area contributed by atoms with E-state index in [4.69, 9.17) is 14.6 Å². The molecule has 0 spiro atoms. The van der Waals surface area contributed by atoms with Crippen molar-refractivity contribution in [2.45, 2.75) is 19.3 Å². The van der Waals surface area contributed by atoms with E-state index < -0.39 is 0 Å². The van der Waals surface area contributed by atoms with Crippen LogP contribution in [0, 0.1) is 0 Å². The minimum absolute atomic E-state index is 0.141. The molecule has 0 amide bonds. The zero-order chi connectivity index (χ0) is 10.7. The van der Waals surface area contributed by atoms with Gasteiger partial charge in [-0.05, 0) is 17.7 Å². The van der Waals surface area contributed by atoms with Gasteiger partial charge in [-0.1, -0.05) is 13.0 Å². The molecule has 1 unspecified atom stereocenters. The van der Waals surface area contributed by atoms with E-state index in [1.54, 1.807) is 0 Å². The van der Waals surface area contributed by atoms with Crippen molar-refractivity contribution in [1.29, 1.82) is 0 Å². The average molecular weight is 208 g/mol. The fourth-order valence-electron chi connectivity index (χ4n) is 1.59. The molecule has 0 bridgehead atoms. The van der Waals surface area contributed by atoms with Crippen LogP contribution in [-0.4, -0.2) is 24.9 Å². The van der Waals surface area contributed by atoms with Gasteiger partial charge in [0.25, 0.3) is 0 Å². The summed E-state index contributed by atoms with van der Waals surface area (Å²) in [4.78, 5) is 0. The van der Waals surface area contributed by atoms with Crippen LogP contribution in [0.1, 0.15) is 24.8 Å². The molecule has 82 valence electrons. The Hall–Kier alpha value is -1.22. The summed E-state index contributed by atoms with van der Waals surface area (Å²) in [6.07, 6.45) is 0.916. The van der Waals surface area contributed by atoms with E-state index in [0.717, 1.165) is 23.5 Å². The first-order valence-corrected chi connectivity index (χ1v) is 5.31. The largest absolute Gasteiger partial charge is 0.490 e. The predicted octanol–water partition coefficient (Wildman–Crippen LogP) is 1.94. The van der Waals surface area contributed by atoms with E-state index in [0.29, 0.717) is 13.2 Å². The minimum Gasteiger partial charge on any atom is -0.490 e. The number of hydrogen-bond acceptors (Lipinski definition) is 3. The van der Waals surface area contributed by atoms with Crippen molar-refractivity contribution >= 4 is 0 Å². The van der Waals surface area contributed by atoms with Crippen LogP contribution in [0.2, 0.25) is 0 Å². The van der Waals surface area contributed by atoms with E-state index in [1.165, 1.54) is 0 Å². The molecule has 1 heterocycles. The highest BCUT2D eigenvalue weighted by atomic mass is 16.5. The fourth-order valence-corrected chi connectivity index (χ4v) is 1.59. The minimum atomic E-state index is 0.141. The van der Waals surface area contributed by atoms with Crippen LogP contribution >= 0.6 is 0 Å². The first-order chi connectivity index (χ1) is 7.31. The molecule has 1 N–H and O–H groups in total. The molecule has 2 rings (SSSR count). The number of rotatable bonds is 2. The molecule has 15 heavy (non-hydrogen) atoms. The Morgan fingerprint density at radius 2 is 2.00 bits per heavy atom. The monoisotopic (exact) mass is 208 g/mol. The molecule has 1 aliphatic heterocycles. The van der Waals surface area contributed by atoms with Crippen molar-refractivity contribution in [2.75, 3.05) is 19.8 Å². The summed E-state index contributed by atoms with van der Waals surface area (Å²) in [6.45, 7) is 3.55. The van der Waals surface area contributed by atoms with Crippen LogP contribution in [0.25, 0.3) is 0 Å². The highest BCUT2D eigenvalue weighted by Gasteiger charge is 2.12. The molecule has 1 aromatic rings. The second-order valence-corrected chi connectivity index (χ2v) is 3.84. The van der Waals surface area contributed by atoms with Crippen molar-refractivity contribution in [1.82, 2.24) is 0 Å². The molecule has 1 aromatic carbocycles. The van der Waals surface area contributed by atoms with Crippen molar-refractivity contribution in [3.8, 4) is 11.5 Å². The highest BCUT2D eigenvalue weighted by Crippen LogP contribution is 2.32. The summed E-state index contributed by atoms with van der Waals surface area (Å²) < 4.78 is 11.1. The quantitative estimate of drug-likeness (QED) is 0.807. The number of benzene rings is 1. The van der Waals surface area contributed by atoms with Gasteiger partial charge >= 0.3 is 0 Å². The molecule has 0 aliphatic carbocycles. The Morgan fingerprint density at radius 3 is 2.73 bits per heavy atom. The molecule has 0 saturated heterocycles. The number of aliphatic hydroxyl groups is 1. The van der Waals surface area contributed by atoms with Gasteiger partial charge in [0.2, 0.25) is 0 Å². The number of aliphatic hydroxyl groups excluding tert-OH is 1. The predicted molar refractivity (Wildman–Crippen MR) is 57.5 cm³/mol. The molecular formula is C12H16O3. The zero-order valence-electron chi connectivity index (χ0n) is 8.90. The van der Waals surface area contributed by atoms with E-state index >= 15 is 0 Å². The SMILES string of the molecule is CC(CO)c1ccc2c(c1)OCCCO2. The second-order valence-electron chi connectivity index (χ2n) is 3.84. The van der Waals surface area contributed by atoms with Crippen LogP contribution in [-0.2, 0) is 0 Å². The van der Waals surface area contributed by atoms with Gasteiger partial charge in [0.1, 0.15) is 0 Å². The Morgan fingerprint density at radius 1 is 1.27 bits per heavy atom. The van der Waals surface area contributed by atoms with Crippen LogP contribution in [0.15, 0.2) is 18.2 Å². The van der Waals surface area contributed by atoms with Crippen LogP contribution in [0.5, 0.6) is 11.5 Å². The molecule has 0 saturated carbocycles. The van der Waals surface area contributed by atoms with E-state index in [-0.39, 0.29) is 12.5 Å². The van der Waals surface area contributed by atoms with Gasteiger partial charge in [-0.15, -0.1) is 0 Å². The van der Waals surface area contributed by atoms with Crippen molar-refractivity contribution < 1.29 is 14.6 Å². The lowest BCUT2D eigenvalue weighted by molar-refractivity contribution is 0.272. The molecular weight excluding hydrogens is 192 g/mol. The van der Waals surface area contributed by atoms with Gasteiger partial charge in [0.05, 0.1) is 13.2 Å². The van der Waals surface area contributed by atoms with Gasteiger partial charge in [-0.25, -0.2) is 0 Å². The smallest absolute Gasteiger partial charge is 0.161 e. The standard InChI is InChI=1S/C12H16O3/c1-9(8-13)10-3-4-11-12(7-10)15-6-2-5-14-11/h3-4,7,9,13H,2,5-6,8H2,1H3. The third-order valence-corrected chi connectivity index (χ3v) is 2.61. The summed E-state index contributed by atoms with van der Waals surface area (Å²) >= 11 is 0. The Balaban J connectivity index is 2.27. The van der Waals surface area contributed by atoms with Crippen LogP contribution < -0.4 is 9.47 Å². The summed E-state index contributed by atoms with van der Waals surface area (Å²) in [5.41, 5.74) is 1.08. The maximum atomic E-state index is 9.08. The van der Waals surface area contributed by atoms with Crippen molar-refractivity contribution in [2.24, 2.45) is 0 Å².